The summed E-state index contributed by atoms with van der Waals surface area (Å²) in [7, 11) is 4.31. The first-order valence-electron chi connectivity index (χ1n) is 9.78. The van der Waals surface area contributed by atoms with Gasteiger partial charge in [0.05, 0.1) is 0 Å². The number of benzene rings is 2. The third-order valence-corrected chi connectivity index (χ3v) is 7.28. The molecule has 0 saturated heterocycles. The fraction of sp³-hybridized carbons (Fsp3) is 0.478. The Hall–Kier alpha value is -1.29. The van der Waals surface area contributed by atoms with E-state index in [-0.39, 0.29) is 5.92 Å². The minimum Gasteiger partial charge on any atom is -0.380 e. The molecule has 1 heterocycles. The average molecular weight is 368 g/mol. The summed E-state index contributed by atoms with van der Waals surface area (Å²) in [4.78, 5) is 3.52. The van der Waals surface area contributed by atoms with Crippen molar-refractivity contribution in [1.29, 1.82) is 0 Å². The molecule has 0 amide bonds. The van der Waals surface area contributed by atoms with E-state index < -0.39 is 5.60 Å². The second kappa shape index (κ2) is 7.38. The number of aliphatic hydroxyl groups is 1. The molecule has 2 aromatic rings. The van der Waals surface area contributed by atoms with Crippen LogP contribution in [0.2, 0.25) is 0 Å². The van der Waals surface area contributed by atoms with Crippen LogP contribution >= 0.6 is 11.8 Å². The largest absolute Gasteiger partial charge is 0.380 e. The molecule has 2 aromatic carbocycles. The van der Waals surface area contributed by atoms with Gasteiger partial charge in [-0.05, 0) is 50.0 Å². The van der Waals surface area contributed by atoms with Crippen LogP contribution in [0.4, 0.5) is 0 Å². The molecule has 0 radical (unpaired) electrons. The molecule has 1 N–H and O–H groups in total. The van der Waals surface area contributed by atoms with Crippen molar-refractivity contribution < 1.29 is 5.11 Å². The van der Waals surface area contributed by atoms with E-state index in [1.54, 1.807) is 0 Å². The van der Waals surface area contributed by atoms with Gasteiger partial charge in [0.2, 0.25) is 0 Å². The highest BCUT2D eigenvalue weighted by atomic mass is 32.2. The summed E-state index contributed by atoms with van der Waals surface area (Å²) in [6.45, 7) is 1.05. The van der Waals surface area contributed by atoms with Gasteiger partial charge in [0.25, 0.3) is 0 Å². The van der Waals surface area contributed by atoms with Crippen molar-refractivity contribution in [3.05, 3.63) is 65.2 Å². The Morgan fingerprint density at radius 1 is 1.00 bits per heavy atom. The van der Waals surface area contributed by atoms with Gasteiger partial charge in [0.1, 0.15) is 5.60 Å². The minimum absolute atomic E-state index is 0.264. The van der Waals surface area contributed by atoms with Gasteiger partial charge >= 0.3 is 0 Å². The Labute approximate surface area is 161 Å². The maximum Gasteiger partial charge on any atom is 0.119 e. The van der Waals surface area contributed by atoms with Crippen LogP contribution in [0.5, 0.6) is 0 Å². The lowest BCUT2D eigenvalue weighted by atomic mass is 9.64. The van der Waals surface area contributed by atoms with Gasteiger partial charge in [0, 0.05) is 28.7 Å². The summed E-state index contributed by atoms with van der Waals surface area (Å²) >= 11 is 1.86. The van der Waals surface area contributed by atoms with Crippen LogP contribution in [-0.4, -0.2) is 30.6 Å². The normalized spacial score (nSPS) is 28.3. The monoisotopic (exact) mass is 367 g/mol. The first-order valence-corrected chi connectivity index (χ1v) is 10.8. The SMILES string of the molecule is CN(C)C[C@@H]1CCCC[C@H]1[C@]1(O)c2ccccc2CSc2ccccc21. The van der Waals surface area contributed by atoms with Gasteiger partial charge in [-0.3, -0.25) is 0 Å². The van der Waals surface area contributed by atoms with Crippen molar-refractivity contribution in [2.75, 3.05) is 20.6 Å². The first-order chi connectivity index (χ1) is 12.6. The third-order valence-electron chi connectivity index (χ3n) is 6.15. The molecule has 1 saturated carbocycles. The minimum atomic E-state index is -0.891. The van der Waals surface area contributed by atoms with Crippen molar-refractivity contribution >= 4 is 11.8 Å². The second-order valence-corrected chi connectivity index (χ2v) is 9.14. The number of hydrogen-bond acceptors (Lipinski definition) is 3. The van der Waals surface area contributed by atoms with Gasteiger partial charge in [-0.25, -0.2) is 0 Å². The zero-order valence-electron chi connectivity index (χ0n) is 15.8. The van der Waals surface area contributed by atoms with Gasteiger partial charge < -0.3 is 10.0 Å². The number of hydrogen-bond donors (Lipinski definition) is 1. The fourth-order valence-corrected chi connectivity index (χ4v) is 6.19. The van der Waals surface area contributed by atoms with Crippen LogP contribution in [0.25, 0.3) is 0 Å². The molecule has 3 heteroatoms. The summed E-state index contributed by atoms with van der Waals surface area (Å²) < 4.78 is 0. The molecule has 1 aliphatic heterocycles. The van der Waals surface area contributed by atoms with E-state index in [0.717, 1.165) is 29.8 Å². The van der Waals surface area contributed by atoms with Crippen molar-refractivity contribution in [3.63, 3.8) is 0 Å². The molecule has 26 heavy (non-hydrogen) atoms. The summed E-state index contributed by atoms with van der Waals surface area (Å²) in [6.07, 6.45) is 4.81. The molecule has 4 rings (SSSR count). The summed E-state index contributed by atoms with van der Waals surface area (Å²) in [5, 5.41) is 12.4. The summed E-state index contributed by atoms with van der Waals surface area (Å²) in [6, 6.07) is 17.1. The summed E-state index contributed by atoms with van der Waals surface area (Å²) in [5.41, 5.74) is 2.64. The molecule has 0 aromatic heterocycles. The lowest BCUT2D eigenvalue weighted by Crippen LogP contribution is -2.45. The Morgan fingerprint density at radius 3 is 2.50 bits per heavy atom. The zero-order chi connectivity index (χ0) is 18.1. The van der Waals surface area contributed by atoms with Gasteiger partial charge in [-0.15, -0.1) is 11.8 Å². The fourth-order valence-electron chi connectivity index (χ4n) is 5.07. The quantitative estimate of drug-likeness (QED) is 0.835. The number of rotatable bonds is 3. The van der Waals surface area contributed by atoms with Crippen molar-refractivity contribution in [2.24, 2.45) is 11.8 Å². The molecule has 2 nitrogen and oxygen atoms in total. The zero-order valence-corrected chi connectivity index (χ0v) is 16.6. The van der Waals surface area contributed by atoms with Crippen LogP contribution in [0.15, 0.2) is 53.4 Å². The van der Waals surface area contributed by atoms with E-state index in [9.17, 15) is 5.11 Å². The highest BCUT2D eigenvalue weighted by molar-refractivity contribution is 7.98. The maximum absolute atomic E-state index is 12.4. The predicted octanol–water partition coefficient (Wildman–Crippen LogP) is 4.90. The Kier molecular flexibility index (Phi) is 5.13. The molecule has 0 spiro atoms. The van der Waals surface area contributed by atoms with Gasteiger partial charge in [-0.1, -0.05) is 55.3 Å². The van der Waals surface area contributed by atoms with E-state index >= 15 is 0 Å². The molecule has 1 fully saturated rings. The van der Waals surface area contributed by atoms with Crippen molar-refractivity contribution in [3.8, 4) is 0 Å². The topological polar surface area (TPSA) is 23.5 Å². The van der Waals surface area contributed by atoms with Crippen LogP contribution in [0.3, 0.4) is 0 Å². The third kappa shape index (κ3) is 3.11. The summed E-state index contributed by atoms with van der Waals surface area (Å²) in [5.74, 6) is 1.72. The molecule has 1 aliphatic carbocycles. The number of fused-ring (bicyclic) bond motifs is 2. The van der Waals surface area contributed by atoms with Crippen LogP contribution in [0, 0.1) is 11.8 Å². The molecule has 0 unspecified atom stereocenters. The molecule has 138 valence electrons. The molecule has 2 aliphatic rings. The highest BCUT2D eigenvalue weighted by Gasteiger charge is 2.47. The standard InChI is InChI=1S/C23H29NOS/c1-24(2)15-17-9-3-5-11-19(17)23(25)20-12-6-4-10-18(20)16-26-22-14-8-7-13-21(22)23/h4,6-8,10,12-14,17,19,25H,3,5,9,11,15-16H2,1-2H3/t17-,19+,23-/m0/s1. The lowest BCUT2D eigenvalue weighted by molar-refractivity contribution is -0.0364. The van der Waals surface area contributed by atoms with E-state index in [0.29, 0.717) is 5.92 Å². The highest BCUT2D eigenvalue weighted by Crippen LogP contribution is 2.52. The second-order valence-electron chi connectivity index (χ2n) is 8.12. The molecular weight excluding hydrogens is 338 g/mol. The van der Waals surface area contributed by atoms with Crippen LogP contribution < -0.4 is 0 Å². The Morgan fingerprint density at radius 2 is 1.69 bits per heavy atom. The van der Waals surface area contributed by atoms with E-state index in [1.165, 1.54) is 29.7 Å². The maximum atomic E-state index is 12.4. The van der Waals surface area contributed by atoms with E-state index in [4.69, 9.17) is 0 Å². The van der Waals surface area contributed by atoms with Gasteiger partial charge in [-0.2, -0.15) is 0 Å². The number of nitrogens with zero attached hydrogens (tertiary/aromatic N) is 1. The smallest absolute Gasteiger partial charge is 0.119 e. The van der Waals surface area contributed by atoms with E-state index in [1.807, 2.05) is 11.8 Å². The lowest BCUT2D eigenvalue weighted by Gasteiger charge is -2.45. The average Bonchev–Trinajstić information content (AvgIpc) is 2.78. The molecule has 0 bridgehead atoms. The van der Waals surface area contributed by atoms with E-state index in [2.05, 4.69) is 67.5 Å². The van der Waals surface area contributed by atoms with Crippen LogP contribution in [-0.2, 0) is 11.4 Å². The molecule has 3 atom stereocenters. The van der Waals surface area contributed by atoms with Crippen molar-refractivity contribution in [2.45, 2.75) is 41.9 Å². The van der Waals surface area contributed by atoms with Gasteiger partial charge in [0.15, 0.2) is 0 Å². The Balaban J connectivity index is 1.89. The first kappa shape index (κ1) is 18.1. The Bertz CT molecular complexity index is 725. The predicted molar refractivity (Wildman–Crippen MR) is 109 cm³/mol. The van der Waals surface area contributed by atoms with Crippen LogP contribution in [0.1, 0.15) is 42.4 Å². The number of thioether (sulfide) groups is 1. The molecular formula is C23H29NOS. The van der Waals surface area contributed by atoms with Crippen molar-refractivity contribution in [1.82, 2.24) is 4.90 Å².